The maximum atomic E-state index is 13.1. The highest BCUT2D eigenvalue weighted by Gasteiger charge is 2.22. The fourth-order valence-corrected chi connectivity index (χ4v) is 4.80. The molecule has 6 nitrogen and oxygen atoms in total. The summed E-state index contributed by atoms with van der Waals surface area (Å²) in [5.74, 6) is -0.808. The van der Waals surface area contributed by atoms with Gasteiger partial charge in [0, 0.05) is 24.7 Å². The highest BCUT2D eigenvalue weighted by atomic mass is 35.5. The number of carbonyl (C=O) groups is 1. The van der Waals surface area contributed by atoms with Crippen molar-refractivity contribution >= 4 is 33.2 Å². The van der Waals surface area contributed by atoms with Gasteiger partial charge in [-0.15, -0.1) is 0 Å². The Morgan fingerprint density at radius 3 is 2.48 bits per heavy atom. The number of piperidine rings is 1. The number of nitrogens with one attached hydrogen (secondary N) is 2. The van der Waals surface area contributed by atoms with Crippen LogP contribution in [-0.2, 0) is 10.0 Å². The van der Waals surface area contributed by atoms with E-state index in [1.54, 1.807) is 6.07 Å². The van der Waals surface area contributed by atoms with E-state index in [0.29, 0.717) is 5.56 Å². The number of hydrogen-bond donors (Lipinski definition) is 2. The number of carbonyl (C=O) groups excluding carboxylic acids is 1. The molecular formula is C22H27ClFN3O3S. The number of hydrogen-bond acceptors (Lipinski definition) is 4. The van der Waals surface area contributed by atoms with E-state index < -0.39 is 15.8 Å². The molecule has 1 saturated heterocycles. The summed E-state index contributed by atoms with van der Waals surface area (Å²) in [6.07, 6.45) is 4.11. The fourth-order valence-electron chi connectivity index (χ4n) is 3.51. The Kier molecular flexibility index (Phi) is 7.91. The van der Waals surface area contributed by atoms with Crippen molar-refractivity contribution in [3.63, 3.8) is 0 Å². The molecule has 0 saturated carbocycles. The Bertz CT molecular complexity index is 1010. The largest absolute Gasteiger partial charge is 0.349 e. The molecule has 0 atom stereocenters. The molecule has 1 aliphatic rings. The van der Waals surface area contributed by atoms with Crippen LogP contribution in [0.2, 0.25) is 5.02 Å². The standard InChI is InChI=1S/C22H27ClFN3O3S/c1-2-3-12-27-13-10-18(11-14-27)25-22(28)16-4-9-20(23)21(15-16)26-31(29,30)19-7-5-17(24)6-8-19/h4-9,15,18,26H,2-3,10-14H2,1H3,(H,25,28). The maximum absolute atomic E-state index is 13.1. The van der Waals surface area contributed by atoms with Crippen molar-refractivity contribution in [1.82, 2.24) is 10.2 Å². The first-order valence-corrected chi connectivity index (χ1v) is 12.3. The molecule has 0 radical (unpaired) electrons. The van der Waals surface area contributed by atoms with Gasteiger partial charge in [0.2, 0.25) is 0 Å². The summed E-state index contributed by atoms with van der Waals surface area (Å²) in [7, 11) is -3.97. The first-order valence-electron chi connectivity index (χ1n) is 10.4. The van der Waals surface area contributed by atoms with E-state index in [-0.39, 0.29) is 27.6 Å². The van der Waals surface area contributed by atoms with Crippen LogP contribution in [0.3, 0.4) is 0 Å². The van der Waals surface area contributed by atoms with Crippen LogP contribution >= 0.6 is 11.6 Å². The Morgan fingerprint density at radius 1 is 1.16 bits per heavy atom. The number of anilines is 1. The average Bonchev–Trinajstić information content (AvgIpc) is 2.75. The molecule has 168 valence electrons. The number of rotatable bonds is 8. The molecule has 1 amide bonds. The topological polar surface area (TPSA) is 78.5 Å². The summed E-state index contributed by atoms with van der Waals surface area (Å²) in [4.78, 5) is 15.0. The average molecular weight is 468 g/mol. The van der Waals surface area contributed by atoms with Crippen molar-refractivity contribution < 1.29 is 17.6 Å². The minimum absolute atomic E-state index is 0.0837. The predicted octanol–water partition coefficient (Wildman–Crippen LogP) is 4.27. The summed E-state index contributed by atoms with van der Waals surface area (Å²) < 4.78 is 40.6. The van der Waals surface area contributed by atoms with Crippen molar-refractivity contribution in [1.29, 1.82) is 0 Å². The van der Waals surface area contributed by atoms with Crippen molar-refractivity contribution in [3.8, 4) is 0 Å². The number of benzene rings is 2. The summed E-state index contributed by atoms with van der Waals surface area (Å²) >= 11 is 6.15. The van der Waals surface area contributed by atoms with E-state index in [1.165, 1.54) is 25.0 Å². The monoisotopic (exact) mass is 467 g/mol. The molecule has 2 aromatic carbocycles. The summed E-state index contributed by atoms with van der Waals surface area (Å²) in [5.41, 5.74) is 0.405. The summed E-state index contributed by atoms with van der Waals surface area (Å²) in [6.45, 7) is 5.17. The van der Waals surface area contributed by atoms with Gasteiger partial charge in [-0.25, -0.2) is 12.8 Å². The number of amides is 1. The molecule has 2 aromatic rings. The van der Waals surface area contributed by atoms with Gasteiger partial charge in [0.05, 0.1) is 15.6 Å². The quantitative estimate of drug-likeness (QED) is 0.607. The molecule has 1 aliphatic heterocycles. The molecule has 0 bridgehead atoms. The van der Waals surface area contributed by atoms with Gasteiger partial charge in [-0.3, -0.25) is 9.52 Å². The zero-order valence-corrected chi connectivity index (χ0v) is 19.0. The van der Waals surface area contributed by atoms with Crippen LogP contribution in [0.5, 0.6) is 0 Å². The van der Waals surface area contributed by atoms with Gasteiger partial charge >= 0.3 is 0 Å². The Labute approximate surface area is 187 Å². The lowest BCUT2D eigenvalue weighted by atomic mass is 10.0. The van der Waals surface area contributed by atoms with E-state index >= 15 is 0 Å². The van der Waals surface area contributed by atoms with Gasteiger partial charge in [0.15, 0.2) is 0 Å². The van der Waals surface area contributed by atoms with Crippen molar-refractivity contribution in [2.75, 3.05) is 24.4 Å². The van der Waals surface area contributed by atoms with Crippen LogP contribution in [0.25, 0.3) is 0 Å². The van der Waals surface area contributed by atoms with E-state index in [0.717, 1.165) is 56.7 Å². The lowest BCUT2D eigenvalue weighted by Gasteiger charge is -2.32. The molecule has 2 N–H and O–H groups in total. The first kappa shape index (κ1) is 23.5. The third kappa shape index (κ3) is 6.41. The van der Waals surface area contributed by atoms with Crippen molar-refractivity contribution in [2.24, 2.45) is 0 Å². The molecule has 1 fully saturated rings. The molecule has 9 heteroatoms. The number of halogens is 2. The first-order chi connectivity index (χ1) is 14.8. The second-order valence-corrected chi connectivity index (χ2v) is 9.79. The third-order valence-corrected chi connectivity index (χ3v) is 7.06. The molecule has 31 heavy (non-hydrogen) atoms. The van der Waals surface area contributed by atoms with Gasteiger partial charge < -0.3 is 10.2 Å². The smallest absolute Gasteiger partial charge is 0.261 e. The van der Waals surface area contributed by atoms with Gasteiger partial charge in [0.1, 0.15) is 5.82 Å². The zero-order valence-electron chi connectivity index (χ0n) is 17.4. The molecule has 3 rings (SSSR count). The zero-order chi connectivity index (χ0) is 22.4. The highest BCUT2D eigenvalue weighted by Crippen LogP contribution is 2.26. The van der Waals surface area contributed by atoms with Gasteiger partial charge in [-0.2, -0.15) is 0 Å². The number of nitrogens with zero attached hydrogens (tertiary/aromatic N) is 1. The lowest BCUT2D eigenvalue weighted by Crippen LogP contribution is -2.44. The normalized spacial score (nSPS) is 15.6. The second-order valence-electron chi connectivity index (χ2n) is 7.70. The van der Waals surface area contributed by atoms with E-state index in [4.69, 9.17) is 11.6 Å². The minimum Gasteiger partial charge on any atom is -0.349 e. The van der Waals surface area contributed by atoms with Crippen molar-refractivity contribution in [2.45, 2.75) is 43.5 Å². The van der Waals surface area contributed by atoms with Gasteiger partial charge in [-0.1, -0.05) is 24.9 Å². The lowest BCUT2D eigenvalue weighted by molar-refractivity contribution is 0.0911. The van der Waals surface area contributed by atoms with Crippen LogP contribution in [0.4, 0.5) is 10.1 Å². The SMILES string of the molecule is CCCCN1CCC(NC(=O)c2ccc(Cl)c(NS(=O)(=O)c3ccc(F)cc3)c2)CC1. The van der Waals surface area contributed by atoms with Crippen LogP contribution < -0.4 is 10.0 Å². The molecule has 0 aliphatic carbocycles. The Morgan fingerprint density at radius 2 is 1.84 bits per heavy atom. The molecule has 0 spiro atoms. The number of sulfonamides is 1. The predicted molar refractivity (Wildman–Crippen MR) is 120 cm³/mol. The van der Waals surface area contributed by atoms with E-state index in [2.05, 4.69) is 21.9 Å². The van der Waals surface area contributed by atoms with Crippen LogP contribution in [0, 0.1) is 5.82 Å². The molecular weight excluding hydrogens is 441 g/mol. The maximum Gasteiger partial charge on any atom is 0.261 e. The van der Waals surface area contributed by atoms with Gasteiger partial charge in [0.25, 0.3) is 15.9 Å². The summed E-state index contributed by atoms with van der Waals surface area (Å²) in [6, 6.07) is 8.98. The number of unbranched alkanes of at least 4 members (excludes halogenated alkanes) is 1. The minimum atomic E-state index is -3.97. The van der Waals surface area contributed by atoms with Crippen molar-refractivity contribution in [3.05, 3.63) is 58.9 Å². The van der Waals surface area contributed by atoms with E-state index in [1.807, 2.05) is 0 Å². The second kappa shape index (κ2) is 10.4. The fraction of sp³-hybridized carbons (Fsp3) is 0.409. The Balaban J connectivity index is 1.65. The molecule has 0 aromatic heterocycles. The Hall–Kier alpha value is -2.16. The van der Waals surface area contributed by atoms with Crippen LogP contribution in [-0.4, -0.2) is 44.9 Å². The molecule has 1 heterocycles. The number of likely N-dealkylation sites (tertiary alicyclic amines) is 1. The van der Waals surface area contributed by atoms with Crippen LogP contribution in [0.15, 0.2) is 47.4 Å². The van der Waals surface area contributed by atoms with E-state index in [9.17, 15) is 17.6 Å². The highest BCUT2D eigenvalue weighted by molar-refractivity contribution is 7.92. The van der Waals surface area contributed by atoms with Gasteiger partial charge in [-0.05, 0) is 68.3 Å². The third-order valence-electron chi connectivity index (χ3n) is 5.35. The van der Waals surface area contributed by atoms with Crippen LogP contribution in [0.1, 0.15) is 43.0 Å². The summed E-state index contributed by atoms with van der Waals surface area (Å²) in [5, 5.41) is 3.19. The molecule has 0 unspecified atom stereocenters.